The van der Waals surface area contributed by atoms with Gasteiger partial charge in [0.25, 0.3) is 0 Å². The summed E-state index contributed by atoms with van der Waals surface area (Å²) >= 11 is 0. The van der Waals surface area contributed by atoms with Crippen LogP contribution < -0.4 is 0 Å². The van der Waals surface area contributed by atoms with Crippen LogP contribution in [0.1, 0.15) is 180 Å². The van der Waals surface area contributed by atoms with Gasteiger partial charge in [0.1, 0.15) is 0 Å². The fraction of sp³-hybridized carbons (Fsp3) is 0.912. The zero-order valence-electron chi connectivity index (χ0n) is 25.7. The van der Waals surface area contributed by atoms with E-state index < -0.39 is 5.97 Å². The quantitative estimate of drug-likeness (QED) is 0.242. The fourth-order valence-corrected chi connectivity index (χ4v) is 5.36. The number of carbonyl (C=O) groups is 1. The minimum Gasteiger partial charge on any atom is -0.478 e. The van der Waals surface area contributed by atoms with E-state index in [-0.39, 0.29) is 23.9 Å². The molecule has 0 aromatic carbocycles. The first kappa shape index (κ1) is 38.1. The number of rotatable bonds is 1. The molecule has 0 aromatic rings. The summed E-state index contributed by atoms with van der Waals surface area (Å²) < 4.78 is 0. The van der Waals surface area contributed by atoms with Gasteiger partial charge in [-0.25, -0.2) is 4.79 Å². The highest BCUT2D eigenvalue weighted by Gasteiger charge is 2.07. The van der Waals surface area contributed by atoms with Crippen LogP contribution in [0.3, 0.4) is 0 Å². The summed E-state index contributed by atoms with van der Waals surface area (Å²) in [5.74, 6) is -0.935. The molecule has 0 radical (unpaired) electrons. The van der Waals surface area contributed by atoms with Crippen molar-refractivity contribution in [1.29, 1.82) is 0 Å². The van der Waals surface area contributed by atoms with E-state index in [9.17, 15) is 20.1 Å². The zero-order chi connectivity index (χ0) is 29.0. The minimum absolute atomic E-state index is 0.00750. The Morgan fingerprint density at radius 3 is 0.692 bits per heavy atom. The second-order valence-corrected chi connectivity index (χ2v) is 12.2. The number of hydrogen-bond acceptors (Lipinski definition) is 4. The summed E-state index contributed by atoms with van der Waals surface area (Å²) in [6, 6.07) is 0. The van der Waals surface area contributed by atoms with Crippen molar-refractivity contribution in [3.8, 4) is 0 Å². The van der Waals surface area contributed by atoms with Crippen molar-refractivity contribution in [3.63, 3.8) is 0 Å². The van der Waals surface area contributed by atoms with Crippen LogP contribution in [0.25, 0.3) is 0 Å². The van der Waals surface area contributed by atoms with Crippen LogP contribution in [0.5, 0.6) is 0 Å². The summed E-state index contributed by atoms with van der Waals surface area (Å²) in [7, 11) is 0. The van der Waals surface area contributed by atoms with Crippen molar-refractivity contribution in [2.45, 2.75) is 199 Å². The SMILES string of the molecule is C=C(C)C(=O)O.OC1CCCCCCCCC1.OC1CCCCCCCCC1.OC1CCCCCCCCC1. The van der Waals surface area contributed by atoms with E-state index in [1.165, 1.54) is 142 Å². The predicted octanol–water partition coefficient (Wildman–Crippen LogP) is 9.26. The molecule has 5 nitrogen and oxygen atoms in total. The highest BCUT2D eigenvalue weighted by molar-refractivity contribution is 5.84. The van der Waals surface area contributed by atoms with Crippen LogP contribution in [0, 0.1) is 0 Å². The topological polar surface area (TPSA) is 98.0 Å². The molecule has 0 heterocycles. The fourth-order valence-electron chi connectivity index (χ4n) is 5.36. The van der Waals surface area contributed by atoms with E-state index in [1.54, 1.807) is 0 Å². The van der Waals surface area contributed by atoms with Gasteiger partial charge in [-0.05, 0) is 45.4 Å². The van der Waals surface area contributed by atoms with Crippen molar-refractivity contribution >= 4 is 5.97 Å². The Morgan fingerprint density at radius 2 is 0.564 bits per heavy atom. The summed E-state index contributed by atoms with van der Waals surface area (Å²) in [6.07, 6.45) is 34.2. The molecule has 4 N–H and O–H groups in total. The van der Waals surface area contributed by atoms with Gasteiger partial charge in [-0.3, -0.25) is 0 Å². The lowest BCUT2D eigenvalue weighted by Crippen LogP contribution is -2.06. The molecule has 3 aliphatic rings. The molecule has 5 heteroatoms. The third-order valence-corrected chi connectivity index (χ3v) is 8.09. The summed E-state index contributed by atoms with van der Waals surface area (Å²) in [5.41, 5.74) is 0.176. The lowest BCUT2D eigenvalue weighted by atomic mass is 9.99. The molecule has 0 aliphatic heterocycles. The van der Waals surface area contributed by atoms with E-state index in [0.717, 1.165) is 38.5 Å². The molecule has 3 fully saturated rings. The zero-order valence-corrected chi connectivity index (χ0v) is 25.7. The van der Waals surface area contributed by atoms with E-state index in [0.29, 0.717) is 0 Å². The summed E-state index contributed by atoms with van der Waals surface area (Å²) in [6.45, 7) is 4.60. The largest absolute Gasteiger partial charge is 0.478 e. The third kappa shape index (κ3) is 29.9. The van der Waals surface area contributed by atoms with Crippen molar-refractivity contribution in [2.24, 2.45) is 0 Å². The van der Waals surface area contributed by atoms with E-state index >= 15 is 0 Å². The molecule has 3 saturated carbocycles. The first-order chi connectivity index (χ1) is 18.8. The van der Waals surface area contributed by atoms with Crippen LogP contribution in [-0.2, 0) is 4.79 Å². The molecule has 0 unspecified atom stereocenters. The molecule has 0 atom stereocenters. The van der Waals surface area contributed by atoms with Gasteiger partial charge in [-0.15, -0.1) is 0 Å². The van der Waals surface area contributed by atoms with Crippen LogP contribution in [0.4, 0.5) is 0 Å². The smallest absolute Gasteiger partial charge is 0.330 e. The maximum absolute atomic E-state index is 9.60. The normalized spacial score (nSPS) is 22.2. The average Bonchev–Trinajstić information content (AvgIpc) is 2.92. The molecule has 0 spiro atoms. The van der Waals surface area contributed by atoms with Gasteiger partial charge < -0.3 is 20.4 Å². The van der Waals surface area contributed by atoms with Gasteiger partial charge in [0.05, 0.1) is 18.3 Å². The maximum Gasteiger partial charge on any atom is 0.330 e. The standard InChI is InChI=1S/3C10H20O.C4H6O2/c3*11-10-8-6-4-2-1-3-5-7-9-10;1-3(2)4(5)6/h3*10-11H,1-9H2;1H2,2H3,(H,5,6). The molecule has 3 rings (SSSR count). The predicted molar refractivity (Wildman–Crippen MR) is 165 cm³/mol. The second-order valence-electron chi connectivity index (χ2n) is 12.2. The van der Waals surface area contributed by atoms with Crippen molar-refractivity contribution in [3.05, 3.63) is 12.2 Å². The van der Waals surface area contributed by atoms with Crippen molar-refractivity contribution in [1.82, 2.24) is 0 Å². The Kier molecular flexibility index (Phi) is 27.9. The van der Waals surface area contributed by atoms with E-state index in [1.807, 2.05) is 0 Å². The minimum atomic E-state index is -0.935. The number of hydrogen-bond donors (Lipinski definition) is 4. The average molecular weight is 555 g/mol. The van der Waals surface area contributed by atoms with Crippen molar-refractivity contribution < 1.29 is 25.2 Å². The van der Waals surface area contributed by atoms with Crippen LogP contribution >= 0.6 is 0 Å². The first-order valence-electron chi connectivity index (χ1n) is 16.8. The Balaban J connectivity index is 0.000000505. The molecule has 0 saturated heterocycles. The highest BCUT2D eigenvalue weighted by Crippen LogP contribution is 2.18. The van der Waals surface area contributed by atoms with Gasteiger partial charge >= 0.3 is 5.97 Å². The number of aliphatic hydroxyl groups is 3. The molecule has 232 valence electrons. The summed E-state index contributed by atoms with van der Waals surface area (Å²) in [4.78, 5) is 9.60. The van der Waals surface area contributed by atoms with Crippen molar-refractivity contribution in [2.75, 3.05) is 0 Å². The second kappa shape index (κ2) is 28.6. The Hall–Kier alpha value is -0.910. The number of aliphatic hydroxyl groups excluding tert-OH is 3. The van der Waals surface area contributed by atoms with Gasteiger partial charge in [0.2, 0.25) is 0 Å². The number of aliphatic carboxylic acids is 1. The first-order valence-corrected chi connectivity index (χ1v) is 16.8. The highest BCUT2D eigenvalue weighted by atomic mass is 16.4. The number of carboxylic acids is 1. The van der Waals surface area contributed by atoms with Gasteiger partial charge in [0, 0.05) is 5.57 Å². The van der Waals surface area contributed by atoms with Crippen LogP contribution in [0.15, 0.2) is 12.2 Å². The lowest BCUT2D eigenvalue weighted by molar-refractivity contribution is -0.132. The monoisotopic (exact) mass is 554 g/mol. The Labute approximate surface area is 241 Å². The molecular weight excluding hydrogens is 488 g/mol. The Morgan fingerprint density at radius 1 is 0.436 bits per heavy atom. The molecule has 0 aromatic heterocycles. The maximum atomic E-state index is 9.60. The van der Waals surface area contributed by atoms with Crippen LogP contribution in [0.2, 0.25) is 0 Å². The van der Waals surface area contributed by atoms with Gasteiger partial charge in [-0.1, -0.05) is 141 Å². The van der Waals surface area contributed by atoms with Gasteiger partial charge in [-0.2, -0.15) is 0 Å². The van der Waals surface area contributed by atoms with Crippen LogP contribution in [-0.4, -0.2) is 44.7 Å². The lowest BCUT2D eigenvalue weighted by Gasteiger charge is -2.12. The third-order valence-electron chi connectivity index (χ3n) is 8.09. The van der Waals surface area contributed by atoms with Gasteiger partial charge in [0.15, 0.2) is 0 Å². The molecular formula is C34H66O5. The molecule has 39 heavy (non-hydrogen) atoms. The Bertz CT molecular complexity index is 451. The summed E-state index contributed by atoms with van der Waals surface area (Å²) in [5, 5.41) is 36.2. The van der Waals surface area contributed by atoms with E-state index in [4.69, 9.17) is 5.11 Å². The van der Waals surface area contributed by atoms with E-state index in [2.05, 4.69) is 6.58 Å². The number of carboxylic acid groups (broad SMARTS) is 1. The molecule has 0 amide bonds. The molecule has 3 aliphatic carbocycles. The molecule has 0 bridgehead atoms.